The molecular formula is C14H17F3N2O. The van der Waals surface area contributed by atoms with Gasteiger partial charge in [0.05, 0.1) is 11.1 Å². The van der Waals surface area contributed by atoms with Crippen LogP contribution in [0.4, 0.5) is 18.9 Å². The van der Waals surface area contributed by atoms with Gasteiger partial charge in [-0.05, 0) is 25.8 Å². The normalized spacial score (nSPS) is 22.6. The Morgan fingerprint density at radius 1 is 1.30 bits per heavy atom. The van der Waals surface area contributed by atoms with Crippen molar-refractivity contribution in [3.8, 4) is 0 Å². The number of carbonyl (C=O) groups is 1. The van der Waals surface area contributed by atoms with E-state index in [4.69, 9.17) is 0 Å². The molecule has 0 spiro atoms. The molecule has 1 unspecified atom stereocenters. The van der Waals surface area contributed by atoms with E-state index in [1.165, 1.54) is 0 Å². The molecule has 1 aliphatic rings. The second kappa shape index (κ2) is 5.83. The summed E-state index contributed by atoms with van der Waals surface area (Å²) in [7, 11) is 0. The van der Waals surface area contributed by atoms with Crippen molar-refractivity contribution in [2.75, 3.05) is 18.4 Å². The molecule has 1 aromatic carbocycles. The number of piperidine rings is 1. The van der Waals surface area contributed by atoms with Gasteiger partial charge in [-0.2, -0.15) is 0 Å². The number of rotatable bonds is 3. The molecule has 6 heteroatoms. The van der Waals surface area contributed by atoms with Gasteiger partial charge in [0.25, 0.3) is 0 Å². The van der Waals surface area contributed by atoms with Crippen molar-refractivity contribution in [1.82, 2.24) is 5.32 Å². The van der Waals surface area contributed by atoms with E-state index in [2.05, 4.69) is 10.6 Å². The van der Waals surface area contributed by atoms with Gasteiger partial charge in [-0.3, -0.25) is 4.79 Å². The number of benzene rings is 1. The van der Waals surface area contributed by atoms with Crippen LogP contribution in [0.25, 0.3) is 0 Å². The molecule has 2 rings (SSSR count). The lowest BCUT2D eigenvalue weighted by atomic mass is 9.77. The first-order valence-electron chi connectivity index (χ1n) is 6.65. The van der Waals surface area contributed by atoms with Crippen LogP contribution in [-0.4, -0.2) is 19.0 Å². The zero-order valence-electron chi connectivity index (χ0n) is 11.2. The van der Waals surface area contributed by atoms with Gasteiger partial charge in [-0.25, -0.2) is 13.2 Å². The van der Waals surface area contributed by atoms with E-state index in [1.807, 2.05) is 6.92 Å². The number of amides is 1. The first-order chi connectivity index (χ1) is 9.48. The van der Waals surface area contributed by atoms with Crippen molar-refractivity contribution in [2.24, 2.45) is 5.41 Å². The van der Waals surface area contributed by atoms with E-state index < -0.39 is 22.9 Å². The summed E-state index contributed by atoms with van der Waals surface area (Å²) < 4.78 is 39.5. The van der Waals surface area contributed by atoms with Crippen LogP contribution in [0.15, 0.2) is 12.1 Å². The van der Waals surface area contributed by atoms with Crippen LogP contribution in [0.5, 0.6) is 0 Å². The van der Waals surface area contributed by atoms with Crippen molar-refractivity contribution in [2.45, 2.75) is 26.2 Å². The van der Waals surface area contributed by atoms with E-state index in [1.54, 1.807) is 0 Å². The zero-order valence-corrected chi connectivity index (χ0v) is 11.2. The largest absolute Gasteiger partial charge is 0.323 e. The molecule has 2 N–H and O–H groups in total. The fraction of sp³-hybridized carbons (Fsp3) is 0.500. The lowest BCUT2D eigenvalue weighted by Gasteiger charge is -2.35. The molecule has 1 aromatic rings. The van der Waals surface area contributed by atoms with Gasteiger partial charge in [0.15, 0.2) is 11.6 Å². The summed E-state index contributed by atoms with van der Waals surface area (Å²) in [5, 5.41) is 5.52. The molecule has 0 radical (unpaired) electrons. The van der Waals surface area contributed by atoms with Gasteiger partial charge in [-0.15, -0.1) is 0 Å². The van der Waals surface area contributed by atoms with Crippen LogP contribution in [0.2, 0.25) is 0 Å². The molecule has 1 fully saturated rings. The van der Waals surface area contributed by atoms with Crippen LogP contribution >= 0.6 is 0 Å². The number of nitrogens with one attached hydrogen (secondary N) is 2. The fourth-order valence-corrected chi connectivity index (χ4v) is 2.50. The summed E-state index contributed by atoms with van der Waals surface area (Å²) in [5.41, 5.74) is -0.956. The predicted octanol–water partition coefficient (Wildman–Crippen LogP) is 2.82. The highest BCUT2D eigenvalue weighted by Crippen LogP contribution is 2.32. The monoisotopic (exact) mass is 286 g/mol. The molecule has 3 nitrogen and oxygen atoms in total. The Balaban J connectivity index is 2.20. The highest BCUT2D eigenvalue weighted by molar-refractivity contribution is 5.95. The highest BCUT2D eigenvalue weighted by Gasteiger charge is 2.38. The first-order valence-corrected chi connectivity index (χ1v) is 6.65. The maximum Gasteiger partial charge on any atom is 0.231 e. The Kier molecular flexibility index (Phi) is 4.32. The Morgan fingerprint density at radius 3 is 2.60 bits per heavy atom. The molecule has 1 amide bonds. The minimum atomic E-state index is -1.27. The fourth-order valence-electron chi connectivity index (χ4n) is 2.50. The number of carbonyl (C=O) groups excluding carboxylic acids is 1. The lowest BCUT2D eigenvalue weighted by Crippen LogP contribution is -2.47. The average molecular weight is 286 g/mol. The van der Waals surface area contributed by atoms with Crippen molar-refractivity contribution >= 4 is 11.6 Å². The van der Waals surface area contributed by atoms with E-state index >= 15 is 0 Å². The SMILES string of the molecule is CCC1(C(=O)Nc2cc(F)c(F)cc2F)CCCNC1. The maximum absolute atomic E-state index is 13.5. The van der Waals surface area contributed by atoms with Gasteiger partial charge in [0, 0.05) is 18.7 Å². The van der Waals surface area contributed by atoms with Crippen molar-refractivity contribution < 1.29 is 18.0 Å². The molecule has 0 saturated carbocycles. The number of hydrogen-bond acceptors (Lipinski definition) is 2. The topological polar surface area (TPSA) is 41.1 Å². The summed E-state index contributed by atoms with van der Waals surface area (Å²) in [6.45, 7) is 3.23. The summed E-state index contributed by atoms with van der Waals surface area (Å²) >= 11 is 0. The molecule has 0 aromatic heterocycles. The molecule has 1 heterocycles. The number of hydrogen-bond donors (Lipinski definition) is 2. The number of anilines is 1. The van der Waals surface area contributed by atoms with Gasteiger partial charge in [0.1, 0.15) is 5.82 Å². The molecule has 0 bridgehead atoms. The van der Waals surface area contributed by atoms with Crippen LogP contribution < -0.4 is 10.6 Å². The smallest absolute Gasteiger partial charge is 0.231 e. The minimum absolute atomic E-state index is 0.327. The van der Waals surface area contributed by atoms with Gasteiger partial charge in [-0.1, -0.05) is 6.92 Å². The summed E-state index contributed by atoms with van der Waals surface area (Å²) in [5.74, 6) is -3.80. The Labute approximate surface area is 115 Å². The van der Waals surface area contributed by atoms with E-state index in [0.717, 1.165) is 13.0 Å². The molecule has 1 saturated heterocycles. The second-order valence-electron chi connectivity index (χ2n) is 5.11. The van der Waals surface area contributed by atoms with Crippen molar-refractivity contribution in [3.63, 3.8) is 0 Å². The summed E-state index contributed by atoms with van der Waals surface area (Å²) in [6, 6.07) is 1.10. The Morgan fingerprint density at radius 2 is 2.00 bits per heavy atom. The molecule has 20 heavy (non-hydrogen) atoms. The van der Waals surface area contributed by atoms with Gasteiger partial charge < -0.3 is 10.6 Å². The minimum Gasteiger partial charge on any atom is -0.323 e. The van der Waals surface area contributed by atoms with Crippen LogP contribution in [0, 0.1) is 22.9 Å². The van der Waals surface area contributed by atoms with Crippen molar-refractivity contribution in [1.29, 1.82) is 0 Å². The van der Waals surface area contributed by atoms with Crippen LogP contribution in [0.3, 0.4) is 0 Å². The molecule has 1 aliphatic heterocycles. The van der Waals surface area contributed by atoms with Crippen LogP contribution in [-0.2, 0) is 4.79 Å². The van der Waals surface area contributed by atoms with Crippen LogP contribution in [0.1, 0.15) is 26.2 Å². The van der Waals surface area contributed by atoms with Gasteiger partial charge in [0.2, 0.25) is 5.91 Å². The zero-order chi connectivity index (χ0) is 14.8. The third kappa shape index (κ3) is 2.80. The second-order valence-corrected chi connectivity index (χ2v) is 5.11. The molecular weight excluding hydrogens is 269 g/mol. The van der Waals surface area contributed by atoms with E-state index in [-0.39, 0.29) is 11.6 Å². The Hall–Kier alpha value is -1.56. The average Bonchev–Trinajstić information content (AvgIpc) is 2.45. The highest BCUT2D eigenvalue weighted by atomic mass is 19.2. The summed E-state index contributed by atoms with van der Waals surface area (Å²) in [4.78, 5) is 12.3. The lowest BCUT2D eigenvalue weighted by molar-refractivity contribution is -0.126. The van der Waals surface area contributed by atoms with E-state index in [9.17, 15) is 18.0 Å². The quantitative estimate of drug-likeness (QED) is 0.839. The predicted molar refractivity (Wildman–Crippen MR) is 69.8 cm³/mol. The van der Waals surface area contributed by atoms with Gasteiger partial charge >= 0.3 is 0 Å². The molecule has 1 atom stereocenters. The molecule has 0 aliphatic carbocycles. The van der Waals surface area contributed by atoms with Crippen molar-refractivity contribution in [3.05, 3.63) is 29.6 Å². The maximum atomic E-state index is 13.5. The summed E-state index contributed by atoms with van der Waals surface area (Å²) in [6.07, 6.45) is 2.13. The number of halogens is 3. The van der Waals surface area contributed by atoms with E-state index in [0.29, 0.717) is 31.5 Å². The third-order valence-corrected chi connectivity index (χ3v) is 3.89. The Bertz CT molecular complexity index is 513. The first kappa shape index (κ1) is 14.8. The molecule has 110 valence electrons. The standard InChI is InChI=1S/C14H17F3N2O/c1-2-14(4-3-5-18-8-14)13(20)19-12-7-10(16)9(15)6-11(12)17/h6-7,18H,2-5,8H2,1H3,(H,19,20). The third-order valence-electron chi connectivity index (χ3n) is 3.89.